The van der Waals surface area contributed by atoms with E-state index in [1.807, 2.05) is 12.1 Å². The lowest BCUT2D eigenvalue weighted by Crippen LogP contribution is -2.09. The van der Waals surface area contributed by atoms with E-state index in [0.717, 1.165) is 11.4 Å². The molecule has 0 bridgehead atoms. The molecule has 0 aliphatic carbocycles. The fourth-order valence-electron chi connectivity index (χ4n) is 2.92. The molecule has 1 atom stereocenters. The number of anilines is 1. The normalized spacial score (nSPS) is 12.1. The molecule has 0 heterocycles. The average molecular weight is 291 g/mol. The maximum atomic E-state index is 5.49. The van der Waals surface area contributed by atoms with Gasteiger partial charge in [0.05, 0.1) is 12.8 Å². The number of benzene rings is 3. The summed E-state index contributed by atoms with van der Waals surface area (Å²) in [6, 6.07) is 21.3. The number of methoxy groups -OCH3 is 1. The van der Waals surface area contributed by atoms with Gasteiger partial charge in [0.25, 0.3) is 0 Å². The summed E-state index contributed by atoms with van der Waals surface area (Å²) in [5, 5.41) is 6.17. The first-order valence-electron chi connectivity index (χ1n) is 7.58. The second kappa shape index (κ2) is 6.10. The van der Waals surface area contributed by atoms with Crippen molar-refractivity contribution in [3.63, 3.8) is 0 Å². The Labute approximate surface area is 131 Å². The highest BCUT2D eigenvalue weighted by molar-refractivity contribution is 5.86. The number of rotatable bonds is 4. The number of ether oxygens (including phenoxy) is 1. The van der Waals surface area contributed by atoms with Crippen molar-refractivity contribution in [2.24, 2.45) is 0 Å². The monoisotopic (exact) mass is 291 g/mol. The summed E-state index contributed by atoms with van der Waals surface area (Å²) in [6.45, 7) is 4.29. The van der Waals surface area contributed by atoms with Crippen LogP contribution in [0, 0.1) is 6.92 Å². The van der Waals surface area contributed by atoms with E-state index in [1.165, 1.54) is 21.9 Å². The second-order valence-corrected chi connectivity index (χ2v) is 5.59. The summed E-state index contributed by atoms with van der Waals surface area (Å²) < 4.78 is 5.49. The summed E-state index contributed by atoms with van der Waals surface area (Å²) in [7, 11) is 1.71. The van der Waals surface area contributed by atoms with E-state index in [1.54, 1.807) is 7.11 Å². The molecule has 0 saturated carbocycles. The molecule has 0 aliphatic rings. The summed E-state index contributed by atoms with van der Waals surface area (Å²) in [5.41, 5.74) is 3.54. The molecule has 22 heavy (non-hydrogen) atoms. The van der Waals surface area contributed by atoms with E-state index in [0.29, 0.717) is 0 Å². The van der Waals surface area contributed by atoms with E-state index in [-0.39, 0.29) is 6.04 Å². The van der Waals surface area contributed by atoms with Crippen LogP contribution in [0.15, 0.2) is 60.7 Å². The van der Waals surface area contributed by atoms with Gasteiger partial charge < -0.3 is 10.1 Å². The van der Waals surface area contributed by atoms with E-state index in [4.69, 9.17) is 4.74 Å². The topological polar surface area (TPSA) is 21.3 Å². The fraction of sp³-hybridized carbons (Fsp3) is 0.200. The molecule has 3 aromatic rings. The van der Waals surface area contributed by atoms with Gasteiger partial charge in [-0.2, -0.15) is 0 Å². The third kappa shape index (κ3) is 2.64. The van der Waals surface area contributed by atoms with Crippen LogP contribution in [0.2, 0.25) is 0 Å². The SMILES string of the molecule is COc1cccc(C)c1NC(C)c1cccc2ccccc12. The van der Waals surface area contributed by atoms with E-state index in [2.05, 4.69) is 67.7 Å². The van der Waals surface area contributed by atoms with E-state index in [9.17, 15) is 0 Å². The maximum absolute atomic E-state index is 5.49. The summed E-state index contributed by atoms with van der Waals surface area (Å²) >= 11 is 0. The van der Waals surface area contributed by atoms with Crippen molar-refractivity contribution in [2.75, 3.05) is 12.4 Å². The van der Waals surface area contributed by atoms with Crippen LogP contribution in [-0.2, 0) is 0 Å². The Morgan fingerprint density at radius 1 is 0.909 bits per heavy atom. The molecule has 0 aliphatic heterocycles. The first-order valence-corrected chi connectivity index (χ1v) is 7.58. The number of hydrogen-bond acceptors (Lipinski definition) is 2. The van der Waals surface area contributed by atoms with Crippen LogP contribution in [0.3, 0.4) is 0 Å². The van der Waals surface area contributed by atoms with E-state index >= 15 is 0 Å². The van der Waals surface area contributed by atoms with Gasteiger partial charge in [0.15, 0.2) is 0 Å². The highest BCUT2D eigenvalue weighted by atomic mass is 16.5. The van der Waals surface area contributed by atoms with Crippen LogP contribution in [0.25, 0.3) is 10.8 Å². The van der Waals surface area contributed by atoms with Crippen LogP contribution < -0.4 is 10.1 Å². The maximum Gasteiger partial charge on any atom is 0.142 e. The van der Waals surface area contributed by atoms with Gasteiger partial charge in [-0.15, -0.1) is 0 Å². The largest absolute Gasteiger partial charge is 0.495 e. The average Bonchev–Trinajstić information content (AvgIpc) is 2.56. The van der Waals surface area contributed by atoms with Gasteiger partial charge in [-0.1, -0.05) is 54.6 Å². The Bertz CT molecular complexity index is 789. The lowest BCUT2D eigenvalue weighted by molar-refractivity contribution is 0.416. The van der Waals surface area contributed by atoms with Gasteiger partial charge in [-0.3, -0.25) is 0 Å². The number of nitrogens with one attached hydrogen (secondary N) is 1. The van der Waals surface area contributed by atoms with Crippen LogP contribution in [0.5, 0.6) is 5.75 Å². The summed E-state index contributed by atoms with van der Waals surface area (Å²) in [4.78, 5) is 0. The lowest BCUT2D eigenvalue weighted by Gasteiger charge is -2.21. The predicted molar refractivity (Wildman–Crippen MR) is 93.7 cm³/mol. The van der Waals surface area contributed by atoms with Gasteiger partial charge >= 0.3 is 0 Å². The van der Waals surface area contributed by atoms with Crippen molar-refractivity contribution in [1.82, 2.24) is 0 Å². The number of aryl methyl sites for hydroxylation is 1. The van der Waals surface area contributed by atoms with Crippen molar-refractivity contribution < 1.29 is 4.74 Å². The predicted octanol–water partition coefficient (Wildman–Crippen LogP) is 5.33. The van der Waals surface area contributed by atoms with Gasteiger partial charge in [0.1, 0.15) is 5.75 Å². The van der Waals surface area contributed by atoms with Gasteiger partial charge in [-0.05, 0) is 41.8 Å². The molecule has 0 radical (unpaired) electrons. The number of fused-ring (bicyclic) bond motifs is 1. The molecule has 0 spiro atoms. The Morgan fingerprint density at radius 2 is 1.64 bits per heavy atom. The molecule has 1 unspecified atom stereocenters. The van der Waals surface area contributed by atoms with Crippen molar-refractivity contribution >= 4 is 16.5 Å². The molecule has 2 heteroatoms. The van der Waals surface area contributed by atoms with Crippen LogP contribution in [0.1, 0.15) is 24.1 Å². The molecular weight excluding hydrogens is 270 g/mol. The molecule has 2 nitrogen and oxygen atoms in total. The molecule has 0 amide bonds. The number of para-hydroxylation sites is 1. The Morgan fingerprint density at radius 3 is 2.45 bits per heavy atom. The highest BCUT2D eigenvalue weighted by Gasteiger charge is 2.13. The van der Waals surface area contributed by atoms with Crippen molar-refractivity contribution in [3.05, 3.63) is 71.8 Å². The quantitative estimate of drug-likeness (QED) is 0.701. The molecule has 0 saturated heterocycles. The molecular formula is C20H21NO. The van der Waals surface area contributed by atoms with Crippen molar-refractivity contribution in [3.8, 4) is 5.75 Å². The van der Waals surface area contributed by atoms with Gasteiger partial charge in [-0.25, -0.2) is 0 Å². The molecule has 112 valence electrons. The molecule has 1 N–H and O–H groups in total. The zero-order valence-electron chi connectivity index (χ0n) is 13.3. The minimum atomic E-state index is 0.195. The third-order valence-corrected chi connectivity index (χ3v) is 4.11. The zero-order valence-corrected chi connectivity index (χ0v) is 13.3. The summed E-state index contributed by atoms with van der Waals surface area (Å²) in [6.07, 6.45) is 0. The first-order chi connectivity index (χ1) is 10.7. The molecule has 0 aromatic heterocycles. The first kappa shape index (κ1) is 14.5. The minimum absolute atomic E-state index is 0.195. The Hall–Kier alpha value is -2.48. The third-order valence-electron chi connectivity index (χ3n) is 4.11. The van der Waals surface area contributed by atoms with Gasteiger partial charge in [0.2, 0.25) is 0 Å². The van der Waals surface area contributed by atoms with Crippen LogP contribution in [0.4, 0.5) is 5.69 Å². The highest BCUT2D eigenvalue weighted by Crippen LogP contribution is 2.33. The smallest absolute Gasteiger partial charge is 0.142 e. The lowest BCUT2D eigenvalue weighted by atomic mass is 9.99. The van der Waals surface area contributed by atoms with Crippen molar-refractivity contribution in [1.29, 1.82) is 0 Å². The van der Waals surface area contributed by atoms with Gasteiger partial charge in [0, 0.05) is 6.04 Å². The molecule has 3 aromatic carbocycles. The fourth-order valence-corrected chi connectivity index (χ4v) is 2.92. The number of hydrogen-bond donors (Lipinski definition) is 1. The Kier molecular flexibility index (Phi) is 4.01. The Balaban J connectivity index is 1.99. The summed E-state index contributed by atoms with van der Waals surface area (Å²) in [5.74, 6) is 0.882. The van der Waals surface area contributed by atoms with E-state index < -0.39 is 0 Å². The minimum Gasteiger partial charge on any atom is -0.495 e. The molecule has 3 rings (SSSR count). The molecule has 0 fully saturated rings. The standard InChI is InChI=1S/C20H21NO/c1-14-8-6-13-19(22-3)20(14)21-15(2)17-12-7-10-16-9-4-5-11-18(16)17/h4-13,15,21H,1-3H3. The van der Waals surface area contributed by atoms with Crippen molar-refractivity contribution in [2.45, 2.75) is 19.9 Å². The second-order valence-electron chi connectivity index (χ2n) is 5.59. The van der Waals surface area contributed by atoms with Crippen LogP contribution in [-0.4, -0.2) is 7.11 Å². The van der Waals surface area contributed by atoms with Crippen LogP contribution >= 0.6 is 0 Å². The zero-order chi connectivity index (χ0) is 15.5.